The molecule has 2 heterocycles. The van der Waals surface area contributed by atoms with E-state index in [2.05, 4.69) is 20.1 Å². The van der Waals surface area contributed by atoms with Crippen LogP contribution in [-0.4, -0.2) is 26.2 Å². The van der Waals surface area contributed by atoms with Crippen LogP contribution in [0, 0.1) is 0 Å². The predicted molar refractivity (Wildman–Crippen MR) is 89.4 cm³/mol. The van der Waals surface area contributed by atoms with E-state index >= 15 is 0 Å². The molecule has 1 aromatic heterocycles. The van der Waals surface area contributed by atoms with Gasteiger partial charge in [-0.15, -0.1) is 35.0 Å². The summed E-state index contributed by atoms with van der Waals surface area (Å²) in [6.45, 7) is 2.91. The highest BCUT2D eigenvalue weighted by Crippen LogP contribution is 2.27. The van der Waals surface area contributed by atoms with E-state index in [1.54, 1.807) is 0 Å². The smallest absolute Gasteiger partial charge is 0.240 e. The van der Waals surface area contributed by atoms with Crippen molar-refractivity contribution in [3.63, 3.8) is 0 Å². The van der Waals surface area contributed by atoms with Gasteiger partial charge in [0.1, 0.15) is 5.82 Å². The predicted octanol–water partition coefficient (Wildman–Crippen LogP) is 1.91. The highest BCUT2D eigenvalue weighted by atomic mass is 35.5. The molecule has 1 aliphatic carbocycles. The molecule has 3 N–H and O–H groups in total. The normalized spacial score (nSPS) is 20.3. The molecule has 6 nitrogen and oxygen atoms in total. The largest absolute Gasteiger partial charge is 0.345 e. The number of nitrogens with two attached hydrogens (primary N) is 1. The van der Waals surface area contributed by atoms with Crippen molar-refractivity contribution in [2.45, 2.75) is 70.0 Å². The van der Waals surface area contributed by atoms with Crippen molar-refractivity contribution in [3.05, 3.63) is 11.6 Å². The van der Waals surface area contributed by atoms with Gasteiger partial charge in [-0.1, -0.05) is 19.3 Å². The minimum atomic E-state index is -0.694. The van der Waals surface area contributed by atoms with Gasteiger partial charge in [0, 0.05) is 13.0 Å². The zero-order valence-electron chi connectivity index (χ0n) is 12.9. The molecule has 1 atom stereocenters. The summed E-state index contributed by atoms with van der Waals surface area (Å²) in [4.78, 5) is 12.4. The first-order valence-electron chi connectivity index (χ1n) is 7.62. The average Bonchev–Trinajstić information content (AvgIpc) is 3.01. The quantitative estimate of drug-likeness (QED) is 0.872. The lowest BCUT2D eigenvalue weighted by atomic mass is 9.82. The van der Waals surface area contributed by atoms with Gasteiger partial charge in [-0.05, 0) is 26.2 Å². The van der Waals surface area contributed by atoms with Crippen molar-refractivity contribution in [2.24, 2.45) is 5.73 Å². The Bertz CT molecular complexity index is 513. The van der Waals surface area contributed by atoms with Crippen molar-refractivity contribution in [2.75, 3.05) is 0 Å². The molecule has 1 saturated carbocycles. The number of hydrogen-bond donors (Lipinski definition) is 2. The molecule has 1 amide bonds. The number of halogens is 2. The molecule has 0 aromatic carbocycles. The minimum absolute atomic E-state index is 0. The van der Waals surface area contributed by atoms with Crippen LogP contribution in [0.5, 0.6) is 0 Å². The summed E-state index contributed by atoms with van der Waals surface area (Å²) in [5.41, 5.74) is 5.57. The van der Waals surface area contributed by atoms with Crippen LogP contribution in [-0.2, 0) is 17.8 Å². The Morgan fingerprint density at radius 2 is 1.91 bits per heavy atom. The van der Waals surface area contributed by atoms with E-state index in [0.29, 0.717) is 0 Å². The van der Waals surface area contributed by atoms with Gasteiger partial charge in [-0.2, -0.15) is 0 Å². The standard InChI is InChI=1S/C14H23N5O.2ClH/c1-10(12-18-17-11-6-5-9-19(11)12)16-13(20)14(15)7-3-2-4-8-14;;/h10H,2-9,15H2,1H3,(H,16,20);2*1H. The summed E-state index contributed by atoms with van der Waals surface area (Å²) in [5, 5.41) is 11.4. The van der Waals surface area contributed by atoms with Crippen LogP contribution in [0.1, 0.15) is 63.1 Å². The lowest BCUT2D eigenvalue weighted by molar-refractivity contribution is -0.128. The lowest BCUT2D eigenvalue weighted by Gasteiger charge is -2.32. The molecule has 1 aliphatic heterocycles. The zero-order chi connectivity index (χ0) is 14.2. The van der Waals surface area contributed by atoms with Crippen LogP contribution in [0.15, 0.2) is 0 Å². The fraction of sp³-hybridized carbons (Fsp3) is 0.786. The van der Waals surface area contributed by atoms with Crippen LogP contribution in [0.2, 0.25) is 0 Å². The number of aromatic nitrogens is 3. The second-order valence-electron chi connectivity index (χ2n) is 6.14. The maximum Gasteiger partial charge on any atom is 0.240 e. The summed E-state index contributed by atoms with van der Waals surface area (Å²) in [7, 11) is 0. The Balaban J connectivity index is 0.00000121. The molecular formula is C14H25Cl2N5O. The Morgan fingerprint density at radius 3 is 2.59 bits per heavy atom. The van der Waals surface area contributed by atoms with Gasteiger partial charge in [0.25, 0.3) is 0 Å². The molecule has 1 unspecified atom stereocenters. The fourth-order valence-corrected chi connectivity index (χ4v) is 3.31. The first-order valence-corrected chi connectivity index (χ1v) is 7.62. The van der Waals surface area contributed by atoms with Gasteiger partial charge < -0.3 is 15.6 Å². The molecule has 8 heteroatoms. The molecular weight excluding hydrogens is 325 g/mol. The summed E-state index contributed by atoms with van der Waals surface area (Å²) in [6, 6.07) is -0.135. The van der Waals surface area contributed by atoms with E-state index in [9.17, 15) is 4.79 Å². The van der Waals surface area contributed by atoms with Gasteiger partial charge in [0.15, 0.2) is 5.82 Å². The van der Waals surface area contributed by atoms with Crippen LogP contribution in [0.4, 0.5) is 0 Å². The van der Waals surface area contributed by atoms with Gasteiger partial charge in [0.2, 0.25) is 5.91 Å². The minimum Gasteiger partial charge on any atom is -0.345 e. The van der Waals surface area contributed by atoms with Gasteiger partial charge in [-0.25, -0.2) is 0 Å². The number of rotatable bonds is 3. The SMILES string of the molecule is CC(NC(=O)C1(N)CCCCC1)c1nnc2n1CCC2.Cl.Cl. The molecule has 1 fully saturated rings. The summed E-state index contributed by atoms with van der Waals surface area (Å²) in [5.74, 6) is 1.84. The zero-order valence-corrected chi connectivity index (χ0v) is 14.5. The topological polar surface area (TPSA) is 85.8 Å². The van der Waals surface area contributed by atoms with Crippen molar-refractivity contribution < 1.29 is 4.79 Å². The van der Waals surface area contributed by atoms with Gasteiger partial charge >= 0.3 is 0 Å². The van der Waals surface area contributed by atoms with E-state index in [4.69, 9.17) is 5.73 Å². The number of aryl methyl sites for hydroxylation is 1. The number of amides is 1. The molecule has 3 rings (SSSR count). The molecule has 126 valence electrons. The second-order valence-corrected chi connectivity index (χ2v) is 6.14. The summed E-state index contributed by atoms with van der Waals surface area (Å²) < 4.78 is 2.12. The monoisotopic (exact) mass is 349 g/mol. The molecule has 0 radical (unpaired) electrons. The van der Waals surface area contributed by atoms with E-state index in [1.165, 1.54) is 6.42 Å². The van der Waals surface area contributed by atoms with Crippen molar-refractivity contribution in [3.8, 4) is 0 Å². The Hall–Kier alpha value is -0.850. The average molecular weight is 350 g/mol. The third kappa shape index (κ3) is 3.55. The second kappa shape index (κ2) is 7.62. The maximum absolute atomic E-state index is 12.4. The first kappa shape index (κ1) is 19.2. The molecule has 0 saturated heterocycles. The number of nitrogens with zero attached hydrogens (tertiary/aromatic N) is 3. The molecule has 22 heavy (non-hydrogen) atoms. The third-order valence-electron chi connectivity index (χ3n) is 4.57. The molecule has 0 bridgehead atoms. The Kier molecular flexibility index (Phi) is 6.65. The van der Waals surface area contributed by atoms with Crippen LogP contribution < -0.4 is 11.1 Å². The fourth-order valence-electron chi connectivity index (χ4n) is 3.31. The number of carbonyl (C=O) groups is 1. The van der Waals surface area contributed by atoms with Gasteiger partial charge in [0.05, 0.1) is 11.6 Å². The van der Waals surface area contributed by atoms with Crippen LogP contribution >= 0.6 is 24.8 Å². The number of fused-ring (bicyclic) bond motifs is 1. The lowest BCUT2D eigenvalue weighted by Crippen LogP contribution is -2.55. The summed E-state index contributed by atoms with van der Waals surface area (Å²) >= 11 is 0. The van der Waals surface area contributed by atoms with E-state index in [-0.39, 0.29) is 36.8 Å². The molecule has 0 spiro atoms. The number of carbonyl (C=O) groups excluding carboxylic acids is 1. The van der Waals surface area contributed by atoms with Crippen LogP contribution in [0.3, 0.4) is 0 Å². The number of nitrogens with one attached hydrogen (secondary N) is 1. The Labute approximate surface area is 143 Å². The van der Waals surface area contributed by atoms with Gasteiger partial charge in [-0.3, -0.25) is 4.79 Å². The van der Waals surface area contributed by atoms with Crippen LogP contribution in [0.25, 0.3) is 0 Å². The van der Waals surface area contributed by atoms with Crippen molar-refractivity contribution in [1.82, 2.24) is 20.1 Å². The van der Waals surface area contributed by atoms with Crippen molar-refractivity contribution >= 4 is 30.7 Å². The number of hydrogen-bond acceptors (Lipinski definition) is 4. The molecule has 2 aliphatic rings. The maximum atomic E-state index is 12.4. The van der Waals surface area contributed by atoms with Crippen molar-refractivity contribution in [1.29, 1.82) is 0 Å². The first-order chi connectivity index (χ1) is 9.60. The third-order valence-corrected chi connectivity index (χ3v) is 4.57. The molecule has 1 aromatic rings. The van der Waals surface area contributed by atoms with E-state index in [1.807, 2.05) is 6.92 Å². The van der Waals surface area contributed by atoms with E-state index in [0.717, 1.165) is 56.7 Å². The Morgan fingerprint density at radius 1 is 1.23 bits per heavy atom. The van der Waals surface area contributed by atoms with E-state index < -0.39 is 5.54 Å². The highest BCUT2D eigenvalue weighted by molar-refractivity contribution is 5.86. The highest BCUT2D eigenvalue weighted by Gasteiger charge is 2.36. The summed E-state index contributed by atoms with van der Waals surface area (Å²) in [6.07, 6.45) is 6.91.